The molecule has 0 atom stereocenters. The number of hydrogen-bond donors (Lipinski definition) is 3. The van der Waals surface area contributed by atoms with Gasteiger partial charge in [0, 0.05) is 13.0 Å². The molecule has 0 fully saturated rings. The van der Waals surface area contributed by atoms with Crippen LogP contribution in [-0.2, 0) is 19.6 Å². The van der Waals surface area contributed by atoms with Gasteiger partial charge in [0.25, 0.3) is 15.9 Å². The second-order valence-corrected chi connectivity index (χ2v) is 7.89. The fourth-order valence-electron chi connectivity index (χ4n) is 2.52. The van der Waals surface area contributed by atoms with E-state index in [9.17, 15) is 18.0 Å². The van der Waals surface area contributed by atoms with Gasteiger partial charge in [-0.25, -0.2) is 8.42 Å². The van der Waals surface area contributed by atoms with Crippen LogP contribution in [0.2, 0.25) is 0 Å². The number of sulfonamides is 1. The molecular formula is C19H23N3O6S. The zero-order valence-corrected chi connectivity index (χ0v) is 17.3. The molecule has 0 saturated carbocycles. The molecule has 3 N–H and O–H groups in total. The maximum Gasteiger partial charge on any atom is 0.272 e. The van der Waals surface area contributed by atoms with Crippen molar-refractivity contribution in [2.24, 2.45) is 0 Å². The molecule has 0 saturated heterocycles. The van der Waals surface area contributed by atoms with E-state index in [0.29, 0.717) is 11.4 Å². The predicted octanol–water partition coefficient (Wildman–Crippen LogP) is 1.66. The van der Waals surface area contributed by atoms with E-state index < -0.39 is 15.9 Å². The van der Waals surface area contributed by atoms with E-state index in [2.05, 4.69) is 10.7 Å². The van der Waals surface area contributed by atoms with Crippen LogP contribution < -0.4 is 25.0 Å². The Labute approximate surface area is 169 Å². The molecule has 0 bridgehead atoms. The van der Waals surface area contributed by atoms with Crippen molar-refractivity contribution in [2.75, 3.05) is 19.0 Å². The second-order valence-electron chi connectivity index (χ2n) is 6.21. The summed E-state index contributed by atoms with van der Waals surface area (Å²) in [6, 6.07) is 9.46. The van der Waals surface area contributed by atoms with Crippen molar-refractivity contribution in [1.29, 1.82) is 0 Å². The van der Waals surface area contributed by atoms with Gasteiger partial charge in [-0.15, -0.1) is 4.83 Å². The van der Waals surface area contributed by atoms with Gasteiger partial charge < -0.3 is 14.8 Å². The van der Waals surface area contributed by atoms with E-state index in [1.54, 1.807) is 0 Å². The van der Waals surface area contributed by atoms with Crippen molar-refractivity contribution in [3.05, 3.63) is 47.5 Å². The lowest BCUT2D eigenvalue weighted by molar-refractivity contribution is -0.123. The standard InChI is InChI=1S/C19H23N3O6S/c1-12-6-5-7-13(2)19(12)28-11-18(24)21-22-29(25,26)15-8-9-16(20-14(3)23)17(10-15)27-4/h5-10,22H,11H2,1-4H3,(H,20,23)(H,21,24). The lowest BCUT2D eigenvalue weighted by Crippen LogP contribution is -2.43. The molecule has 0 aliphatic heterocycles. The van der Waals surface area contributed by atoms with Crippen LogP contribution in [0.5, 0.6) is 11.5 Å². The molecule has 0 heterocycles. The first-order valence-electron chi connectivity index (χ1n) is 8.59. The van der Waals surface area contributed by atoms with E-state index in [1.807, 2.05) is 36.9 Å². The summed E-state index contributed by atoms with van der Waals surface area (Å²) in [6.07, 6.45) is 0. The molecule has 156 valence electrons. The zero-order valence-electron chi connectivity index (χ0n) is 16.5. The second kappa shape index (κ2) is 9.39. The smallest absolute Gasteiger partial charge is 0.272 e. The van der Waals surface area contributed by atoms with Crippen molar-refractivity contribution in [3.8, 4) is 11.5 Å². The highest BCUT2D eigenvalue weighted by atomic mass is 32.2. The number of amides is 2. The molecule has 0 aliphatic carbocycles. The SMILES string of the molecule is COc1cc(S(=O)(=O)NNC(=O)COc2c(C)cccc2C)ccc1NC(C)=O. The number of nitrogens with one attached hydrogen (secondary N) is 3. The normalized spacial score (nSPS) is 10.9. The maximum atomic E-state index is 12.4. The Hall–Kier alpha value is -3.11. The minimum absolute atomic E-state index is 0.153. The lowest BCUT2D eigenvalue weighted by atomic mass is 10.1. The zero-order chi connectivity index (χ0) is 21.6. The molecule has 2 aromatic carbocycles. The van der Waals surface area contributed by atoms with Gasteiger partial charge in [0.15, 0.2) is 6.61 Å². The van der Waals surface area contributed by atoms with Gasteiger partial charge in [-0.1, -0.05) is 18.2 Å². The highest BCUT2D eigenvalue weighted by Gasteiger charge is 2.18. The molecule has 10 heteroatoms. The third-order valence-corrected chi connectivity index (χ3v) is 5.12. The Bertz CT molecular complexity index is 1000. The molecule has 0 aliphatic rings. The topological polar surface area (TPSA) is 123 Å². The Morgan fingerprint density at radius 2 is 1.72 bits per heavy atom. The van der Waals surface area contributed by atoms with Crippen LogP contribution >= 0.6 is 0 Å². The molecule has 2 amide bonds. The molecule has 0 radical (unpaired) electrons. The summed E-state index contributed by atoms with van der Waals surface area (Å²) in [7, 11) is -2.72. The first-order valence-corrected chi connectivity index (χ1v) is 10.1. The number of para-hydroxylation sites is 1. The summed E-state index contributed by atoms with van der Waals surface area (Å²) in [5.41, 5.74) is 4.16. The Kier molecular flexibility index (Phi) is 7.18. The third-order valence-electron chi connectivity index (χ3n) is 3.88. The van der Waals surface area contributed by atoms with Crippen molar-refractivity contribution >= 4 is 27.5 Å². The van der Waals surface area contributed by atoms with E-state index in [-0.39, 0.29) is 23.2 Å². The maximum absolute atomic E-state index is 12.4. The average Bonchev–Trinajstić information content (AvgIpc) is 2.65. The molecule has 0 spiro atoms. The summed E-state index contributed by atoms with van der Waals surface area (Å²) in [5.74, 6) is -0.261. The van der Waals surface area contributed by atoms with Crippen molar-refractivity contribution in [2.45, 2.75) is 25.7 Å². The Balaban J connectivity index is 2.02. The monoisotopic (exact) mass is 421 g/mol. The highest BCUT2D eigenvalue weighted by Crippen LogP contribution is 2.27. The molecule has 0 unspecified atom stereocenters. The number of carbonyl (C=O) groups is 2. The number of benzene rings is 2. The summed E-state index contributed by atoms with van der Waals surface area (Å²) in [5, 5.41) is 2.53. The van der Waals surface area contributed by atoms with Gasteiger partial charge >= 0.3 is 0 Å². The third kappa shape index (κ3) is 5.93. The summed E-state index contributed by atoms with van der Waals surface area (Å²) < 4.78 is 35.4. The molecule has 29 heavy (non-hydrogen) atoms. The first kappa shape index (κ1) is 22.2. The van der Waals surface area contributed by atoms with E-state index in [4.69, 9.17) is 9.47 Å². The van der Waals surface area contributed by atoms with Gasteiger partial charge in [0.1, 0.15) is 11.5 Å². The Morgan fingerprint density at radius 1 is 1.07 bits per heavy atom. The van der Waals surface area contributed by atoms with Crippen LogP contribution in [0.3, 0.4) is 0 Å². The Morgan fingerprint density at radius 3 is 2.31 bits per heavy atom. The van der Waals surface area contributed by atoms with Gasteiger partial charge in [-0.2, -0.15) is 0 Å². The van der Waals surface area contributed by atoms with Crippen molar-refractivity contribution in [3.63, 3.8) is 0 Å². The van der Waals surface area contributed by atoms with Crippen LogP contribution in [-0.4, -0.2) is 33.9 Å². The van der Waals surface area contributed by atoms with E-state index >= 15 is 0 Å². The number of anilines is 1. The fraction of sp³-hybridized carbons (Fsp3) is 0.263. The van der Waals surface area contributed by atoms with Crippen LogP contribution in [0.15, 0.2) is 41.3 Å². The molecule has 9 nitrogen and oxygen atoms in total. The largest absolute Gasteiger partial charge is 0.495 e. The first-order chi connectivity index (χ1) is 13.6. The number of rotatable bonds is 8. The van der Waals surface area contributed by atoms with Crippen LogP contribution in [0.1, 0.15) is 18.1 Å². The van der Waals surface area contributed by atoms with Crippen molar-refractivity contribution in [1.82, 2.24) is 10.3 Å². The predicted molar refractivity (Wildman–Crippen MR) is 107 cm³/mol. The molecule has 2 rings (SSSR count). The number of hydrazine groups is 1. The number of carbonyl (C=O) groups excluding carboxylic acids is 2. The summed E-state index contributed by atoms with van der Waals surface area (Å²) >= 11 is 0. The fourth-order valence-corrected chi connectivity index (χ4v) is 3.39. The quantitative estimate of drug-likeness (QED) is 0.557. The highest BCUT2D eigenvalue weighted by molar-refractivity contribution is 7.89. The van der Waals surface area contributed by atoms with E-state index in [0.717, 1.165) is 11.1 Å². The van der Waals surface area contributed by atoms with Crippen molar-refractivity contribution < 1.29 is 27.5 Å². The number of ether oxygens (including phenoxy) is 2. The van der Waals surface area contributed by atoms with E-state index in [1.165, 1.54) is 32.2 Å². The molecule has 2 aromatic rings. The molecular weight excluding hydrogens is 398 g/mol. The van der Waals surface area contributed by atoms with Crippen LogP contribution in [0, 0.1) is 13.8 Å². The molecule has 0 aromatic heterocycles. The lowest BCUT2D eigenvalue weighted by Gasteiger charge is -2.14. The van der Waals surface area contributed by atoms with Crippen LogP contribution in [0.4, 0.5) is 5.69 Å². The van der Waals surface area contributed by atoms with Gasteiger partial charge in [-0.3, -0.25) is 15.0 Å². The number of aryl methyl sites for hydroxylation is 2. The van der Waals surface area contributed by atoms with Gasteiger partial charge in [0.2, 0.25) is 5.91 Å². The number of hydrogen-bond acceptors (Lipinski definition) is 6. The minimum atomic E-state index is -4.06. The minimum Gasteiger partial charge on any atom is -0.495 e. The van der Waals surface area contributed by atoms with Crippen LogP contribution in [0.25, 0.3) is 0 Å². The number of methoxy groups -OCH3 is 1. The summed E-state index contributed by atoms with van der Waals surface area (Å²) in [6.45, 7) is 4.66. The van der Waals surface area contributed by atoms with Gasteiger partial charge in [-0.05, 0) is 37.1 Å². The summed E-state index contributed by atoms with van der Waals surface area (Å²) in [4.78, 5) is 25.0. The van der Waals surface area contributed by atoms with Gasteiger partial charge in [0.05, 0.1) is 17.7 Å². The average molecular weight is 421 g/mol.